The second kappa shape index (κ2) is 9.54. The Balaban J connectivity index is 2.05. The molecule has 0 heterocycles. The molecule has 1 nitrogen and oxygen atoms in total. The molecule has 0 saturated carbocycles. The lowest BCUT2D eigenvalue weighted by atomic mass is 9.85. The summed E-state index contributed by atoms with van der Waals surface area (Å²) in [4.78, 5) is 0. The first-order valence-corrected chi connectivity index (χ1v) is 10.3. The van der Waals surface area contributed by atoms with E-state index in [9.17, 15) is 4.39 Å². The van der Waals surface area contributed by atoms with Crippen molar-refractivity contribution in [3.05, 3.63) is 78.1 Å². The van der Waals surface area contributed by atoms with Crippen molar-refractivity contribution in [3.8, 4) is 28.0 Å². The average molecular weight is 377 g/mol. The molecule has 0 fully saturated rings. The van der Waals surface area contributed by atoms with E-state index in [0.717, 1.165) is 30.4 Å². The van der Waals surface area contributed by atoms with E-state index in [1.165, 1.54) is 16.7 Å². The fourth-order valence-electron chi connectivity index (χ4n) is 3.70. The van der Waals surface area contributed by atoms with Crippen LogP contribution in [0, 0.1) is 5.82 Å². The molecule has 0 unspecified atom stereocenters. The van der Waals surface area contributed by atoms with E-state index >= 15 is 0 Å². The second-order valence-electron chi connectivity index (χ2n) is 7.18. The van der Waals surface area contributed by atoms with Gasteiger partial charge in [-0.05, 0) is 71.2 Å². The van der Waals surface area contributed by atoms with Crippen LogP contribution in [0.5, 0.6) is 5.75 Å². The highest BCUT2D eigenvalue weighted by molar-refractivity contribution is 5.76. The second-order valence-corrected chi connectivity index (χ2v) is 7.18. The number of hydrogen-bond acceptors (Lipinski definition) is 1. The van der Waals surface area contributed by atoms with Crippen molar-refractivity contribution >= 4 is 0 Å². The van der Waals surface area contributed by atoms with Crippen LogP contribution in [0.4, 0.5) is 4.39 Å². The van der Waals surface area contributed by atoms with Crippen molar-refractivity contribution < 1.29 is 9.13 Å². The number of rotatable bonds is 8. The van der Waals surface area contributed by atoms with Gasteiger partial charge in [0.05, 0.1) is 6.61 Å². The van der Waals surface area contributed by atoms with E-state index in [4.69, 9.17) is 4.74 Å². The predicted octanol–water partition coefficient (Wildman–Crippen LogP) is 7.85. The molecule has 0 saturated heterocycles. The van der Waals surface area contributed by atoms with Crippen LogP contribution in [0.15, 0.2) is 66.7 Å². The minimum Gasteiger partial charge on any atom is -0.491 e. The summed E-state index contributed by atoms with van der Waals surface area (Å²) in [6.07, 6.45) is 3.07. The summed E-state index contributed by atoms with van der Waals surface area (Å²) in [6.45, 7) is 7.01. The zero-order valence-corrected chi connectivity index (χ0v) is 17.0. The van der Waals surface area contributed by atoms with Crippen LogP contribution in [0.25, 0.3) is 22.3 Å². The summed E-state index contributed by atoms with van der Waals surface area (Å²) in [5.74, 6) is 0.532. The molecular formula is C26H29FO. The highest BCUT2D eigenvalue weighted by Gasteiger charge is 2.15. The van der Waals surface area contributed by atoms with Crippen molar-refractivity contribution in [2.45, 2.75) is 46.0 Å². The quantitative estimate of drug-likeness (QED) is 0.389. The van der Waals surface area contributed by atoms with Gasteiger partial charge in [-0.15, -0.1) is 0 Å². The molecule has 3 rings (SSSR count). The van der Waals surface area contributed by atoms with E-state index in [2.05, 4.69) is 56.3 Å². The molecule has 0 aliphatic carbocycles. The Morgan fingerprint density at radius 1 is 0.786 bits per heavy atom. The average Bonchev–Trinajstić information content (AvgIpc) is 2.74. The van der Waals surface area contributed by atoms with Gasteiger partial charge in [-0.1, -0.05) is 69.3 Å². The number of benzene rings is 3. The smallest absolute Gasteiger partial charge is 0.165 e. The molecule has 3 aromatic rings. The third kappa shape index (κ3) is 4.44. The molecule has 0 radical (unpaired) electrons. The number of halogens is 1. The third-order valence-electron chi connectivity index (χ3n) is 5.29. The minimum absolute atomic E-state index is 0.309. The van der Waals surface area contributed by atoms with Crippen LogP contribution < -0.4 is 4.74 Å². The maximum atomic E-state index is 14.5. The zero-order chi connectivity index (χ0) is 19.9. The lowest BCUT2D eigenvalue weighted by molar-refractivity contribution is 0.301. The fraction of sp³-hybridized carbons (Fsp3) is 0.308. The molecule has 28 heavy (non-hydrogen) atoms. The van der Waals surface area contributed by atoms with Gasteiger partial charge in [-0.25, -0.2) is 4.39 Å². The van der Waals surface area contributed by atoms with Gasteiger partial charge < -0.3 is 4.74 Å². The highest BCUT2D eigenvalue weighted by atomic mass is 19.1. The van der Waals surface area contributed by atoms with Crippen LogP contribution in [0.2, 0.25) is 0 Å². The highest BCUT2D eigenvalue weighted by Crippen LogP contribution is 2.36. The van der Waals surface area contributed by atoms with Gasteiger partial charge in [0.1, 0.15) is 0 Å². The molecule has 2 heteroatoms. The molecule has 0 bridgehead atoms. The van der Waals surface area contributed by atoms with Crippen LogP contribution >= 0.6 is 0 Å². The van der Waals surface area contributed by atoms with Gasteiger partial charge in [0.25, 0.3) is 0 Å². The van der Waals surface area contributed by atoms with Crippen molar-refractivity contribution in [2.75, 3.05) is 6.61 Å². The Bertz CT molecular complexity index is 898. The zero-order valence-electron chi connectivity index (χ0n) is 17.0. The number of hydrogen-bond donors (Lipinski definition) is 0. The summed E-state index contributed by atoms with van der Waals surface area (Å²) >= 11 is 0. The minimum atomic E-state index is -0.309. The summed E-state index contributed by atoms with van der Waals surface area (Å²) in [5, 5.41) is 0. The topological polar surface area (TPSA) is 9.23 Å². The van der Waals surface area contributed by atoms with Gasteiger partial charge in [-0.3, -0.25) is 0 Å². The summed E-state index contributed by atoms with van der Waals surface area (Å²) in [7, 11) is 0. The molecule has 146 valence electrons. The van der Waals surface area contributed by atoms with E-state index < -0.39 is 0 Å². The molecule has 0 amide bonds. The van der Waals surface area contributed by atoms with Crippen molar-refractivity contribution in [1.82, 2.24) is 0 Å². The van der Waals surface area contributed by atoms with Crippen LogP contribution in [0.1, 0.15) is 51.5 Å². The molecule has 0 atom stereocenters. The number of ether oxygens (including phenoxy) is 1. The van der Waals surface area contributed by atoms with Gasteiger partial charge in [0.15, 0.2) is 11.6 Å². The van der Waals surface area contributed by atoms with Gasteiger partial charge in [0.2, 0.25) is 0 Å². The summed E-state index contributed by atoms with van der Waals surface area (Å²) < 4.78 is 19.9. The standard InChI is InChI=1S/C26H29FO/c1-4-16-28-26-15-13-22(18-25(26)27)21-12-14-23(19(5-2)6-3)24(17-21)20-10-8-7-9-11-20/h7-15,17-19H,4-6,16H2,1-3H3. The Morgan fingerprint density at radius 2 is 1.46 bits per heavy atom. The Hall–Kier alpha value is -2.61. The summed E-state index contributed by atoms with van der Waals surface area (Å²) in [6, 6.07) is 22.2. The van der Waals surface area contributed by atoms with Gasteiger partial charge >= 0.3 is 0 Å². The van der Waals surface area contributed by atoms with E-state index in [-0.39, 0.29) is 5.82 Å². The van der Waals surface area contributed by atoms with Crippen molar-refractivity contribution in [1.29, 1.82) is 0 Å². The van der Waals surface area contributed by atoms with Crippen molar-refractivity contribution in [2.24, 2.45) is 0 Å². The first-order valence-electron chi connectivity index (χ1n) is 10.3. The largest absolute Gasteiger partial charge is 0.491 e. The predicted molar refractivity (Wildman–Crippen MR) is 116 cm³/mol. The molecule has 0 aromatic heterocycles. The summed E-state index contributed by atoms with van der Waals surface area (Å²) in [5.41, 5.74) is 5.69. The first kappa shape index (κ1) is 20.1. The SMILES string of the molecule is CCCOc1ccc(-c2ccc(C(CC)CC)c(-c3ccccc3)c2)cc1F. The lowest BCUT2D eigenvalue weighted by Gasteiger charge is -2.19. The van der Waals surface area contributed by atoms with Crippen LogP contribution in [0.3, 0.4) is 0 Å². The Kier molecular flexibility index (Phi) is 6.86. The molecule has 0 aliphatic heterocycles. The third-order valence-corrected chi connectivity index (χ3v) is 5.29. The van der Waals surface area contributed by atoms with Gasteiger partial charge in [0, 0.05) is 0 Å². The molecule has 0 spiro atoms. The normalized spacial score (nSPS) is 11.0. The maximum Gasteiger partial charge on any atom is 0.165 e. The Labute approximate surface area is 168 Å². The molecule has 3 aromatic carbocycles. The van der Waals surface area contributed by atoms with E-state index in [1.807, 2.05) is 19.1 Å². The Morgan fingerprint density at radius 3 is 2.11 bits per heavy atom. The van der Waals surface area contributed by atoms with E-state index in [1.54, 1.807) is 12.1 Å². The first-order chi connectivity index (χ1) is 13.7. The van der Waals surface area contributed by atoms with E-state index in [0.29, 0.717) is 18.3 Å². The molecule has 0 N–H and O–H groups in total. The fourth-order valence-corrected chi connectivity index (χ4v) is 3.70. The molecular weight excluding hydrogens is 347 g/mol. The van der Waals surface area contributed by atoms with Crippen LogP contribution in [-0.4, -0.2) is 6.61 Å². The lowest BCUT2D eigenvalue weighted by Crippen LogP contribution is -2.00. The maximum absolute atomic E-state index is 14.5. The van der Waals surface area contributed by atoms with Gasteiger partial charge in [-0.2, -0.15) is 0 Å². The monoisotopic (exact) mass is 376 g/mol. The molecule has 0 aliphatic rings. The van der Waals surface area contributed by atoms with Crippen LogP contribution in [-0.2, 0) is 0 Å². The van der Waals surface area contributed by atoms with Crippen molar-refractivity contribution in [3.63, 3.8) is 0 Å².